The molecule has 0 saturated carbocycles. The van der Waals surface area contributed by atoms with Gasteiger partial charge in [-0.3, -0.25) is 0 Å². The highest BCUT2D eigenvalue weighted by atomic mass is 16.6. The van der Waals surface area contributed by atoms with Gasteiger partial charge in [0.15, 0.2) is 0 Å². The van der Waals surface area contributed by atoms with Gasteiger partial charge >= 0.3 is 6.09 Å². The van der Waals surface area contributed by atoms with E-state index in [0.29, 0.717) is 19.1 Å². The predicted molar refractivity (Wildman–Crippen MR) is 88.8 cm³/mol. The van der Waals surface area contributed by atoms with Crippen molar-refractivity contribution in [1.29, 1.82) is 0 Å². The number of aryl methyl sites for hydroxylation is 1. The van der Waals surface area contributed by atoms with Crippen LogP contribution < -0.4 is 10.1 Å². The van der Waals surface area contributed by atoms with Gasteiger partial charge in [0.25, 0.3) is 0 Å². The minimum absolute atomic E-state index is 0.00724. The minimum atomic E-state index is -0.478. The molecule has 0 spiro atoms. The van der Waals surface area contributed by atoms with E-state index in [2.05, 4.69) is 11.4 Å². The maximum Gasteiger partial charge on any atom is 0.407 e. The van der Waals surface area contributed by atoms with Crippen molar-refractivity contribution in [3.8, 4) is 5.75 Å². The average Bonchev–Trinajstić information content (AvgIpc) is 2.49. The highest BCUT2D eigenvalue weighted by Crippen LogP contribution is 2.32. The third-order valence-corrected chi connectivity index (χ3v) is 3.83. The molecule has 0 aromatic heterocycles. The van der Waals surface area contributed by atoms with Crippen LogP contribution in [0.4, 0.5) is 4.79 Å². The summed E-state index contributed by atoms with van der Waals surface area (Å²) in [6.45, 7) is 6.48. The molecule has 0 heterocycles. The predicted octanol–water partition coefficient (Wildman–Crippen LogP) is 2.69. The van der Waals surface area contributed by atoms with Crippen molar-refractivity contribution in [1.82, 2.24) is 5.32 Å². The SMILES string of the molecule is CC(C)(C)OC(=O)NCC1CCc2cccc(OCCO)c2C1. The molecule has 23 heavy (non-hydrogen) atoms. The Morgan fingerprint density at radius 1 is 1.39 bits per heavy atom. The van der Waals surface area contributed by atoms with Gasteiger partial charge in [-0.05, 0) is 63.1 Å². The summed E-state index contributed by atoms with van der Waals surface area (Å²) in [5, 5.41) is 11.8. The standard InChI is InChI=1S/C18H27NO4/c1-18(2,3)23-17(21)19-12-13-7-8-14-5-4-6-16(15(14)11-13)22-10-9-20/h4-6,13,20H,7-12H2,1-3H3,(H,19,21). The quantitative estimate of drug-likeness (QED) is 0.875. The lowest BCUT2D eigenvalue weighted by Gasteiger charge is -2.27. The van der Waals surface area contributed by atoms with Crippen LogP contribution in [0.5, 0.6) is 5.75 Å². The fraction of sp³-hybridized carbons (Fsp3) is 0.611. The summed E-state index contributed by atoms with van der Waals surface area (Å²) in [6, 6.07) is 6.06. The molecule has 0 saturated heterocycles. The van der Waals surface area contributed by atoms with Gasteiger partial charge in [0.1, 0.15) is 18.0 Å². The van der Waals surface area contributed by atoms with Gasteiger partial charge in [0.2, 0.25) is 0 Å². The Morgan fingerprint density at radius 3 is 2.87 bits per heavy atom. The number of amides is 1. The van der Waals surface area contributed by atoms with Crippen molar-refractivity contribution in [3.63, 3.8) is 0 Å². The zero-order chi connectivity index (χ0) is 16.9. The molecule has 1 aromatic rings. The Bertz CT molecular complexity index is 536. The van der Waals surface area contributed by atoms with E-state index >= 15 is 0 Å². The summed E-state index contributed by atoms with van der Waals surface area (Å²) in [7, 11) is 0. The van der Waals surface area contributed by atoms with Gasteiger partial charge in [-0.15, -0.1) is 0 Å². The van der Waals surface area contributed by atoms with Gasteiger partial charge < -0.3 is 19.9 Å². The summed E-state index contributed by atoms with van der Waals surface area (Å²) < 4.78 is 10.9. The summed E-state index contributed by atoms with van der Waals surface area (Å²) >= 11 is 0. The molecule has 0 fully saturated rings. The number of alkyl carbamates (subject to hydrolysis) is 1. The summed E-state index contributed by atoms with van der Waals surface area (Å²) in [4.78, 5) is 11.8. The number of benzene rings is 1. The number of aliphatic hydroxyl groups excluding tert-OH is 1. The Labute approximate surface area is 138 Å². The van der Waals surface area contributed by atoms with E-state index in [9.17, 15) is 4.79 Å². The number of rotatable bonds is 5. The lowest BCUT2D eigenvalue weighted by Crippen LogP contribution is -2.36. The van der Waals surface area contributed by atoms with E-state index in [4.69, 9.17) is 14.6 Å². The summed E-state index contributed by atoms with van der Waals surface area (Å²) in [5.74, 6) is 1.22. The molecule has 1 unspecified atom stereocenters. The number of ether oxygens (including phenoxy) is 2. The van der Waals surface area contributed by atoms with Crippen molar-refractivity contribution in [2.24, 2.45) is 5.92 Å². The number of hydrogen-bond donors (Lipinski definition) is 2. The maximum absolute atomic E-state index is 11.8. The van der Waals surface area contributed by atoms with Crippen LogP contribution in [-0.2, 0) is 17.6 Å². The molecular weight excluding hydrogens is 294 g/mol. The molecule has 1 aliphatic carbocycles. The average molecular weight is 321 g/mol. The molecule has 0 aliphatic heterocycles. The maximum atomic E-state index is 11.8. The number of carbonyl (C=O) groups excluding carboxylic acids is 1. The van der Waals surface area contributed by atoms with Crippen molar-refractivity contribution < 1.29 is 19.4 Å². The van der Waals surface area contributed by atoms with Crippen molar-refractivity contribution in [2.45, 2.75) is 45.6 Å². The minimum Gasteiger partial charge on any atom is -0.491 e. The number of nitrogens with one attached hydrogen (secondary N) is 1. The molecule has 2 N–H and O–H groups in total. The van der Waals surface area contributed by atoms with Crippen LogP contribution in [0.2, 0.25) is 0 Å². The second-order valence-electron chi connectivity index (χ2n) is 6.96. The molecule has 1 amide bonds. The molecule has 5 nitrogen and oxygen atoms in total. The van der Waals surface area contributed by atoms with E-state index in [0.717, 1.165) is 25.0 Å². The first-order valence-electron chi connectivity index (χ1n) is 8.20. The van der Waals surface area contributed by atoms with E-state index in [-0.39, 0.29) is 12.7 Å². The number of hydrogen-bond acceptors (Lipinski definition) is 4. The first kappa shape index (κ1) is 17.6. The smallest absolute Gasteiger partial charge is 0.407 e. The van der Waals surface area contributed by atoms with Crippen LogP contribution in [0.3, 0.4) is 0 Å². The first-order valence-corrected chi connectivity index (χ1v) is 8.20. The van der Waals surface area contributed by atoms with Crippen LogP contribution in [0, 0.1) is 5.92 Å². The van der Waals surface area contributed by atoms with Gasteiger partial charge in [0.05, 0.1) is 6.61 Å². The summed E-state index contributed by atoms with van der Waals surface area (Å²) in [5.41, 5.74) is 2.02. The zero-order valence-corrected chi connectivity index (χ0v) is 14.2. The number of fused-ring (bicyclic) bond motifs is 1. The van der Waals surface area contributed by atoms with Crippen LogP contribution in [0.1, 0.15) is 38.3 Å². The fourth-order valence-electron chi connectivity index (χ4n) is 2.83. The second-order valence-corrected chi connectivity index (χ2v) is 6.96. The normalized spacial score (nSPS) is 17.3. The third-order valence-electron chi connectivity index (χ3n) is 3.83. The highest BCUT2D eigenvalue weighted by molar-refractivity contribution is 5.67. The van der Waals surface area contributed by atoms with Crippen LogP contribution in [0.15, 0.2) is 18.2 Å². The topological polar surface area (TPSA) is 67.8 Å². The Hall–Kier alpha value is -1.75. The van der Waals surface area contributed by atoms with Crippen molar-refractivity contribution in [2.75, 3.05) is 19.8 Å². The Morgan fingerprint density at radius 2 is 2.17 bits per heavy atom. The van der Waals surface area contributed by atoms with Crippen LogP contribution >= 0.6 is 0 Å². The molecule has 0 bridgehead atoms. The largest absolute Gasteiger partial charge is 0.491 e. The first-order chi connectivity index (χ1) is 10.9. The van der Waals surface area contributed by atoms with Gasteiger partial charge in [0, 0.05) is 6.54 Å². The fourth-order valence-corrected chi connectivity index (χ4v) is 2.83. The molecule has 1 aliphatic rings. The Balaban J connectivity index is 1.93. The van der Waals surface area contributed by atoms with Gasteiger partial charge in [-0.2, -0.15) is 0 Å². The number of carbonyl (C=O) groups is 1. The monoisotopic (exact) mass is 321 g/mol. The number of aliphatic hydroxyl groups is 1. The van der Waals surface area contributed by atoms with Crippen molar-refractivity contribution in [3.05, 3.63) is 29.3 Å². The Kier molecular flexibility index (Phi) is 5.88. The third kappa shape index (κ3) is 5.43. The second kappa shape index (κ2) is 7.68. The van der Waals surface area contributed by atoms with Gasteiger partial charge in [-0.25, -0.2) is 4.79 Å². The lowest BCUT2D eigenvalue weighted by molar-refractivity contribution is 0.0517. The van der Waals surface area contributed by atoms with Crippen molar-refractivity contribution >= 4 is 6.09 Å². The van der Waals surface area contributed by atoms with E-state index in [1.807, 2.05) is 32.9 Å². The van der Waals surface area contributed by atoms with Crippen LogP contribution in [0.25, 0.3) is 0 Å². The molecule has 2 rings (SSSR count). The molecule has 1 atom stereocenters. The van der Waals surface area contributed by atoms with E-state index in [1.165, 1.54) is 11.1 Å². The zero-order valence-electron chi connectivity index (χ0n) is 14.2. The molecular formula is C18H27NO4. The van der Waals surface area contributed by atoms with E-state index in [1.54, 1.807) is 0 Å². The molecule has 128 valence electrons. The van der Waals surface area contributed by atoms with Crippen LogP contribution in [-0.4, -0.2) is 36.6 Å². The van der Waals surface area contributed by atoms with E-state index < -0.39 is 5.60 Å². The lowest BCUT2D eigenvalue weighted by atomic mass is 9.83. The van der Waals surface area contributed by atoms with Gasteiger partial charge in [-0.1, -0.05) is 12.1 Å². The molecule has 5 heteroatoms. The molecule has 1 aromatic carbocycles. The summed E-state index contributed by atoms with van der Waals surface area (Å²) in [6.07, 6.45) is 2.51. The highest BCUT2D eigenvalue weighted by Gasteiger charge is 2.23. The molecule has 0 radical (unpaired) electrons.